The summed E-state index contributed by atoms with van der Waals surface area (Å²) in [4.78, 5) is 6.24. The van der Waals surface area contributed by atoms with Crippen LogP contribution < -0.4 is 10.6 Å². The Morgan fingerprint density at radius 3 is 2.89 bits per heavy atom. The van der Waals surface area contributed by atoms with E-state index < -0.39 is 0 Å². The average Bonchev–Trinajstić information content (AvgIpc) is 2.81. The number of fused-ring (bicyclic) bond motifs is 2. The Morgan fingerprint density at radius 1 is 1.33 bits per heavy atom. The molecule has 100 valence electrons. The quantitative estimate of drug-likeness (QED) is 0.843. The Balaban J connectivity index is 1.84. The Bertz CT molecular complexity index is 434. The molecule has 4 nitrogen and oxygen atoms in total. The number of rotatable bonds is 2. The van der Waals surface area contributed by atoms with Crippen LogP contribution in [0.25, 0.3) is 0 Å². The lowest BCUT2D eigenvalue weighted by Crippen LogP contribution is -2.36. The molecule has 2 unspecified atom stereocenters. The SMILES string of the molecule is CSc1c(N)nsc1N1CCC2CCC(C1)N2C. The van der Waals surface area contributed by atoms with Gasteiger partial charge in [0.05, 0.1) is 4.90 Å². The van der Waals surface area contributed by atoms with Gasteiger partial charge in [-0.05, 0) is 44.1 Å². The summed E-state index contributed by atoms with van der Waals surface area (Å²) in [7, 11) is 2.28. The van der Waals surface area contributed by atoms with Crippen molar-refractivity contribution >= 4 is 34.1 Å². The fraction of sp³-hybridized carbons (Fsp3) is 0.750. The minimum Gasteiger partial charge on any atom is -0.382 e. The lowest BCUT2D eigenvalue weighted by Gasteiger charge is -2.26. The van der Waals surface area contributed by atoms with Gasteiger partial charge in [-0.25, -0.2) is 0 Å². The van der Waals surface area contributed by atoms with Crippen molar-refractivity contribution in [2.24, 2.45) is 0 Å². The zero-order valence-electron chi connectivity index (χ0n) is 10.9. The van der Waals surface area contributed by atoms with Crippen LogP contribution in [-0.2, 0) is 0 Å². The minimum absolute atomic E-state index is 0.699. The molecule has 0 amide bonds. The molecule has 2 aliphatic heterocycles. The van der Waals surface area contributed by atoms with E-state index in [1.807, 2.05) is 0 Å². The maximum atomic E-state index is 5.94. The first kappa shape index (κ1) is 12.6. The van der Waals surface area contributed by atoms with Crippen LogP contribution in [0.4, 0.5) is 10.8 Å². The molecule has 1 aromatic rings. The number of hydrogen-bond donors (Lipinski definition) is 1. The largest absolute Gasteiger partial charge is 0.382 e. The van der Waals surface area contributed by atoms with Gasteiger partial charge >= 0.3 is 0 Å². The Morgan fingerprint density at radius 2 is 2.11 bits per heavy atom. The highest BCUT2D eigenvalue weighted by Gasteiger charge is 2.35. The molecular weight excluding hydrogens is 264 g/mol. The van der Waals surface area contributed by atoms with Gasteiger partial charge in [0.25, 0.3) is 0 Å². The van der Waals surface area contributed by atoms with Crippen molar-refractivity contribution in [2.75, 3.05) is 37.0 Å². The van der Waals surface area contributed by atoms with Crippen LogP contribution in [-0.4, -0.2) is 47.8 Å². The zero-order valence-corrected chi connectivity index (χ0v) is 12.6. The van der Waals surface area contributed by atoms with E-state index in [0.717, 1.165) is 19.1 Å². The lowest BCUT2D eigenvalue weighted by atomic mass is 10.1. The summed E-state index contributed by atoms with van der Waals surface area (Å²) in [6.07, 6.45) is 6.05. The van der Waals surface area contributed by atoms with Gasteiger partial charge < -0.3 is 10.6 Å². The Labute approximate surface area is 117 Å². The van der Waals surface area contributed by atoms with Crippen molar-refractivity contribution in [3.05, 3.63) is 0 Å². The van der Waals surface area contributed by atoms with Gasteiger partial charge in [0.2, 0.25) is 0 Å². The number of hydrogen-bond acceptors (Lipinski definition) is 6. The van der Waals surface area contributed by atoms with Crippen LogP contribution in [0.5, 0.6) is 0 Å². The van der Waals surface area contributed by atoms with Gasteiger partial charge in [-0.3, -0.25) is 4.90 Å². The highest BCUT2D eigenvalue weighted by Crippen LogP contribution is 2.40. The fourth-order valence-electron chi connectivity index (χ4n) is 3.17. The van der Waals surface area contributed by atoms with Gasteiger partial charge in [0.1, 0.15) is 5.00 Å². The predicted molar refractivity (Wildman–Crippen MR) is 79.7 cm³/mol. The number of nitrogen functional groups attached to an aromatic ring is 1. The standard InChI is InChI=1S/C12H20N4S2/c1-15-8-3-4-9(15)7-16(6-5-8)12-10(17-2)11(13)14-18-12/h8-9H,3-7H2,1-2H3,(H2,13,14). The van der Waals surface area contributed by atoms with E-state index in [2.05, 4.69) is 27.5 Å². The summed E-state index contributed by atoms with van der Waals surface area (Å²) in [5.41, 5.74) is 5.94. The summed E-state index contributed by atoms with van der Waals surface area (Å²) in [6.45, 7) is 2.27. The smallest absolute Gasteiger partial charge is 0.153 e. The Hall–Kier alpha value is -0.460. The molecule has 2 saturated heterocycles. The molecule has 0 saturated carbocycles. The van der Waals surface area contributed by atoms with Crippen molar-refractivity contribution in [1.29, 1.82) is 0 Å². The molecule has 2 atom stereocenters. The van der Waals surface area contributed by atoms with Crippen molar-refractivity contribution in [1.82, 2.24) is 9.27 Å². The number of likely N-dealkylation sites (N-methyl/N-ethyl adjacent to an activating group) is 1. The summed E-state index contributed by atoms with van der Waals surface area (Å²) in [5, 5.41) is 1.28. The number of thioether (sulfide) groups is 1. The maximum Gasteiger partial charge on any atom is 0.153 e. The number of nitrogens with zero attached hydrogens (tertiary/aromatic N) is 3. The third kappa shape index (κ3) is 2.00. The van der Waals surface area contributed by atoms with E-state index in [1.165, 1.54) is 29.2 Å². The van der Waals surface area contributed by atoms with Gasteiger partial charge in [-0.2, -0.15) is 4.37 Å². The summed E-state index contributed by atoms with van der Waals surface area (Å²) in [6, 6.07) is 1.48. The summed E-state index contributed by atoms with van der Waals surface area (Å²) < 4.78 is 4.32. The number of aromatic nitrogens is 1. The van der Waals surface area contributed by atoms with Gasteiger partial charge in [0, 0.05) is 25.2 Å². The van der Waals surface area contributed by atoms with Crippen molar-refractivity contribution < 1.29 is 0 Å². The second-order valence-electron chi connectivity index (χ2n) is 5.19. The first-order valence-electron chi connectivity index (χ1n) is 6.46. The fourth-order valence-corrected chi connectivity index (χ4v) is 4.89. The van der Waals surface area contributed by atoms with Crippen molar-refractivity contribution in [3.8, 4) is 0 Å². The molecule has 1 aromatic heterocycles. The predicted octanol–water partition coefficient (Wildman–Crippen LogP) is 2.12. The monoisotopic (exact) mass is 284 g/mol. The van der Waals surface area contributed by atoms with E-state index in [9.17, 15) is 0 Å². The van der Waals surface area contributed by atoms with E-state index >= 15 is 0 Å². The van der Waals surface area contributed by atoms with E-state index in [-0.39, 0.29) is 0 Å². The highest BCUT2D eigenvalue weighted by atomic mass is 32.2. The molecule has 2 aliphatic rings. The normalized spacial score (nSPS) is 28.7. The molecule has 0 radical (unpaired) electrons. The molecule has 3 heterocycles. The van der Waals surface area contributed by atoms with Crippen LogP contribution in [0.15, 0.2) is 4.90 Å². The second kappa shape index (κ2) is 4.90. The molecule has 18 heavy (non-hydrogen) atoms. The van der Waals surface area contributed by atoms with E-state index in [4.69, 9.17) is 5.73 Å². The molecule has 2 fully saturated rings. The van der Waals surface area contributed by atoms with Crippen molar-refractivity contribution in [3.63, 3.8) is 0 Å². The van der Waals surface area contributed by atoms with Crippen LogP contribution in [0.1, 0.15) is 19.3 Å². The van der Waals surface area contributed by atoms with Crippen LogP contribution in [0, 0.1) is 0 Å². The molecule has 2 N–H and O–H groups in total. The van der Waals surface area contributed by atoms with Crippen LogP contribution in [0.2, 0.25) is 0 Å². The van der Waals surface area contributed by atoms with E-state index in [1.54, 1.807) is 23.3 Å². The molecule has 3 rings (SSSR count). The van der Waals surface area contributed by atoms with Gasteiger partial charge in [-0.1, -0.05) is 0 Å². The number of anilines is 2. The maximum absolute atomic E-state index is 5.94. The third-order valence-electron chi connectivity index (χ3n) is 4.30. The lowest BCUT2D eigenvalue weighted by molar-refractivity contribution is 0.254. The first-order valence-corrected chi connectivity index (χ1v) is 8.46. The topological polar surface area (TPSA) is 45.4 Å². The second-order valence-corrected chi connectivity index (χ2v) is 6.76. The first-order chi connectivity index (χ1) is 8.70. The highest BCUT2D eigenvalue weighted by molar-refractivity contribution is 7.99. The average molecular weight is 284 g/mol. The van der Waals surface area contributed by atoms with Crippen LogP contribution in [0.3, 0.4) is 0 Å². The molecule has 0 aromatic carbocycles. The van der Waals surface area contributed by atoms with E-state index in [0.29, 0.717) is 11.9 Å². The van der Waals surface area contributed by atoms with Crippen molar-refractivity contribution in [2.45, 2.75) is 36.2 Å². The van der Waals surface area contributed by atoms with Gasteiger partial charge in [-0.15, -0.1) is 11.8 Å². The minimum atomic E-state index is 0.699. The molecule has 2 bridgehead atoms. The molecule has 0 spiro atoms. The zero-order chi connectivity index (χ0) is 12.7. The van der Waals surface area contributed by atoms with Crippen LogP contribution >= 0.6 is 23.3 Å². The molecule has 0 aliphatic carbocycles. The third-order valence-corrected chi connectivity index (χ3v) is 6.16. The Kier molecular flexibility index (Phi) is 3.42. The number of nitrogens with two attached hydrogens (primary N) is 1. The summed E-state index contributed by atoms with van der Waals surface area (Å²) in [5.74, 6) is 0.699. The summed E-state index contributed by atoms with van der Waals surface area (Å²) >= 11 is 3.27. The molecular formula is C12H20N4S2. The van der Waals surface area contributed by atoms with Gasteiger partial charge in [0.15, 0.2) is 5.82 Å². The molecule has 6 heteroatoms.